The van der Waals surface area contributed by atoms with E-state index in [1.54, 1.807) is 6.92 Å². The lowest BCUT2D eigenvalue weighted by atomic mass is 9.95. The predicted octanol–water partition coefficient (Wildman–Crippen LogP) is 1.55. The topological polar surface area (TPSA) is 87.0 Å². The van der Waals surface area contributed by atoms with E-state index in [2.05, 4.69) is 4.74 Å². The van der Waals surface area contributed by atoms with Gasteiger partial charge in [0.2, 0.25) is 0 Å². The number of benzene rings is 1. The first-order valence-corrected chi connectivity index (χ1v) is 6.53. The molecule has 0 spiro atoms. The van der Waals surface area contributed by atoms with Gasteiger partial charge in [-0.25, -0.2) is 0 Å². The summed E-state index contributed by atoms with van der Waals surface area (Å²) in [5.74, 6) is -0.744. The number of rotatable bonds is 6. The average molecular weight is 322 g/mol. The number of aliphatic hydroxyl groups is 3. The van der Waals surface area contributed by atoms with Gasteiger partial charge in [0.05, 0.1) is 31.3 Å². The Morgan fingerprint density at radius 3 is 2.45 bits per heavy atom. The van der Waals surface area contributed by atoms with E-state index in [0.29, 0.717) is 6.07 Å². The van der Waals surface area contributed by atoms with E-state index in [0.717, 1.165) is 12.1 Å². The molecule has 0 saturated heterocycles. The van der Waals surface area contributed by atoms with Crippen molar-refractivity contribution in [2.45, 2.75) is 38.3 Å². The fourth-order valence-corrected chi connectivity index (χ4v) is 1.92. The second-order valence-corrected chi connectivity index (χ2v) is 4.59. The van der Waals surface area contributed by atoms with Gasteiger partial charge >= 0.3 is 12.1 Å². The third-order valence-electron chi connectivity index (χ3n) is 3.00. The summed E-state index contributed by atoms with van der Waals surface area (Å²) in [6.07, 6.45) is -8.27. The fraction of sp³-hybridized carbons (Fsp3) is 0.500. The Kier molecular flexibility index (Phi) is 6.34. The van der Waals surface area contributed by atoms with Crippen molar-refractivity contribution in [1.29, 1.82) is 0 Å². The van der Waals surface area contributed by atoms with Crippen LogP contribution in [0, 0.1) is 0 Å². The second kappa shape index (κ2) is 7.57. The summed E-state index contributed by atoms with van der Waals surface area (Å²) in [5, 5.41) is 28.9. The van der Waals surface area contributed by atoms with Crippen LogP contribution < -0.4 is 0 Å². The van der Waals surface area contributed by atoms with Crippen LogP contribution >= 0.6 is 0 Å². The van der Waals surface area contributed by atoms with Gasteiger partial charge in [-0.15, -0.1) is 0 Å². The maximum Gasteiger partial charge on any atom is 0.416 e. The van der Waals surface area contributed by atoms with Gasteiger partial charge in [-0.1, -0.05) is 6.07 Å². The summed E-state index contributed by atoms with van der Waals surface area (Å²) >= 11 is 0. The number of hydrogen-bond donors (Lipinski definition) is 3. The molecule has 3 N–H and O–H groups in total. The summed E-state index contributed by atoms with van der Waals surface area (Å²) in [5.41, 5.74) is -1.23. The molecule has 0 amide bonds. The Balaban J connectivity index is 2.97. The molecular formula is C14H17F3O5. The number of carbonyl (C=O) groups is 1. The minimum atomic E-state index is -4.59. The fourth-order valence-electron chi connectivity index (χ4n) is 1.92. The molecule has 1 rings (SSSR count). The molecule has 0 fully saturated rings. The van der Waals surface area contributed by atoms with Gasteiger partial charge in [-0.3, -0.25) is 4.79 Å². The minimum Gasteiger partial charge on any atom is -0.466 e. The van der Waals surface area contributed by atoms with E-state index < -0.39 is 42.9 Å². The van der Waals surface area contributed by atoms with Gasteiger partial charge in [-0.2, -0.15) is 13.2 Å². The average Bonchev–Trinajstić information content (AvgIpc) is 2.44. The molecule has 2 unspecified atom stereocenters. The number of carbonyl (C=O) groups excluding carboxylic acids is 1. The van der Waals surface area contributed by atoms with Crippen LogP contribution in [-0.4, -0.2) is 34.0 Å². The third kappa shape index (κ3) is 4.69. The summed E-state index contributed by atoms with van der Waals surface area (Å²) in [6, 6.07) is 2.39. The molecule has 1 aromatic carbocycles. The molecule has 1 aromatic rings. The Hall–Kier alpha value is -1.64. The van der Waals surface area contributed by atoms with Gasteiger partial charge in [0, 0.05) is 0 Å². The van der Waals surface area contributed by atoms with Crippen LogP contribution in [0.15, 0.2) is 18.2 Å². The summed E-state index contributed by atoms with van der Waals surface area (Å²) in [6.45, 7) is 0.923. The largest absolute Gasteiger partial charge is 0.466 e. The van der Waals surface area contributed by atoms with E-state index in [1.165, 1.54) is 0 Å². The molecule has 22 heavy (non-hydrogen) atoms. The van der Waals surface area contributed by atoms with Crippen LogP contribution in [-0.2, 0) is 22.3 Å². The van der Waals surface area contributed by atoms with Crippen molar-refractivity contribution in [3.05, 3.63) is 34.9 Å². The van der Waals surface area contributed by atoms with Crippen LogP contribution in [0.25, 0.3) is 0 Å². The zero-order valence-electron chi connectivity index (χ0n) is 11.8. The van der Waals surface area contributed by atoms with Gasteiger partial charge in [0.25, 0.3) is 0 Å². The van der Waals surface area contributed by atoms with Crippen LogP contribution in [0.4, 0.5) is 13.2 Å². The molecule has 0 aliphatic heterocycles. The van der Waals surface area contributed by atoms with Crippen molar-refractivity contribution in [2.75, 3.05) is 6.61 Å². The first-order chi connectivity index (χ1) is 10.2. The zero-order valence-corrected chi connectivity index (χ0v) is 11.8. The monoisotopic (exact) mass is 322 g/mol. The van der Waals surface area contributed by atoms with E-state index in [4.69, 9.17) is 5.11 Å². The second-order valence-electron chi connectivity index (χ2n) is 4.59. The quantitative estimate of drug-likeness (QED) is 0.692. The Bertz CT molecular complexity index is 516. The molecule has 0 bridgehead atoms. The number of halogens is 3. The highest BCUT2D eigenvalue weighted by atomic mass is 19.4. The molecule has 0 aliphatic rings. The lowest BCUT2D eigenvalue weighted by Crippen LogP contribution is -2.24. The van der Waals surface area contributed by atoms with Crippen LogP contribution in [0.2, 0.25) is 0 Å². The molecule has 0 heterocycles. The number of hydrogen-bond acceptors (Lipinski definition) is 5. The Labute approximate surface area is 125 Å². The molecule has 2 atom stereocenters. The van der Waals surface area contributed by atoms with Gasteiger partial charge in [0.1, 0.15) is 6.10 Å². The minimum absolute atomic E-state index is 0.0766. The van der Waals surface area contributed by atoms with Crippen LogP contribution in [0.3, 0.4) is 0 Å². The highest BCUT2D eigenvalue weighted by molar-refractivity contribution is 5.70. The molecule has 0 aliphatic carbocycles. The van der Waals surface area contributed by atoms with E-state index in [1.807, 2.05) is 0 Å². The lowest BCUT2D eigenvalue weighted by Gasteiger charge is -2.20. The Morgan fingerprint density at radius 2 is 1.95 bits per heavy atom. The number of ether oxygens (including phenoxy) is 1. The van der Waals surface area contributed by atoms with Crippen molar-refractivity contribution >= 4 is 5.97 Å². The summed E-state index contributed by atoms with van der Waals surface area (Å²) < 4.78 is 42.4. The first-order valence-electron chi connectivity index (χ1n) is 6.53. The van der Waals surface area contributed by atoms with Gasteiger partial charge in [0.15, 0.2) is 0 Å². The van der Waals surface area contributed by atoms with Gasteiger partial charge in [-0.05, 0) is 30.2 Å². The van der Waals surface area contributed by atoms with Crippen molar-refractivity contribution < 1.29 is 38.0 Å². The van der Waals surface area contributed by atoms with Crippen molar-refractivity contribution in [1.82, 2.24) is 0 Å². The highest BCUT2D eigenvalue weighted by Gasteiger charge is 2.32. The standard InChI is InChI=1S/C14H17F3O5/c1-2-22-12(20)6-11(19)13(21)10-4-3-9(14(15,16)17)5-8(10)7-18/h3-5,11,13,18-19,21H,2,6-7H2,1H3. The maximum absolute atomic E-state index is 12.6. The van der Waals surface area contributed by atoms with E-state index in [9.17, 15) is 28.2 Å². The maximum atomic E-state index is 12.6. The van der Waals surface area contributed by atoms with Crippen molar-refractivity contribution in [3.63, 3.8) is 0 Å². The molecule has 0 aromatic heterocycles. The van der Waals surface area contributed by atoms with Crippen molar-refractivity contribution in [2.24, 2.45) is 0 Å². The summed E-state index contributed by atoms with van der Waals surface area (Å²) in [4.78, 5) is 11.2. The summed E-state index contributed by atoms with van der Waals surface area (Å²) in [7, 11) is 0. The lowest BCUT2D eigenvalue weighted by molar-refractivity contribution is -0.147. The van der Waals surface area contributed by atoms with Crippen LogP contribution in [0.5, 0.6) is 0 Å². The zero-order chi connectivity index (χ0) is 16.9. The number of esters is 1. The smallest absolute Gasteiger partial charge is 0.416 e. The molecule has 124 valence electrons. The number of alkyl halides is 3. The van der Waals surface area contributed by atoms with Crippen LogP contribution in [0.1, 0.15) is 36.1 Å². The van der Waals surface area contributed by atoms with Gasteiger partial charge < -0.3 is 20.1 Å². The van der Waals surface area contributed by atoms with Crippen molar-refractivity contribution in [3.8, 4) is 0 Å². The molecule has 8 heteroatoms. The third-order valence-corrected chi connectivity index (χ3v) is 3.00. The molecular weight excluding hydrogens is 305 g/mol. The first kappa shape index (κ1) is 18.4. The Morgan fingerprint density at radius 1 is 1.32 bits per heavy atom. The predicted molar refractivity (Wildman–Crippen MR) is 69.6 cm³/mol. The van der Waals surface area contributed by atoms with E-state index in [-0.39, 0.29) is 17.7 Å². The number of aliphatic hydroxyl groups excluding tert-OH is 3. The highest BCUT2D eigenvalue weighted by Crippen LogP contribution is 2.32. The molecule has 0 saturated carbocycles. The molecule has 5 nitrogen and oxygen atoms in total. The normalized spacial score (nSPS) is 14.5. The van der Waals surface area contributed by atoms with E-state index >= 15 is 0 Å². The molecule has 0 radical (unpaired) electrons. The SMILES string of the molecule is CCOC(=O)CC(O)C(O)c1ccc(C(F)(F)F)cc1CO.